The van der Waals surface area contributed by atoms with E-state index in [1.165, 1.54) is 28.5 Å². The first kappa shape index (κ1) is 15.8. The molecular formula is C12H17BrClNO2S2. The second kappa shape index (κ2) is 6.43. The molecule has 0 spiro atoms. The summed E-state index contributed by atoms with van der Waals surface area (Å²) in [5.74, 6) is 0.843. The second-order valence-corrected chi connectivity index (χ2v) is 9.66. The maximum atomic E-state index is 12.5. The van der Waals surface area contributed by atoms with Crippen LogP contribution in [0.15, 0.2) is 14.7 Å². The van der Waals surface area contributed by atoms with Gasteiger partial charge < -0.3 is 0 Å². The second-order valence-electron chi connectivity index (χ2n) is 4.92. The maximum absolute atomic E-state index is 12.5. The number of nitrogens with zero attached hydrogens (tertiary/aromatic N) is 1. The summed E-state index contributed by atoms with van der Waals surface area (Å²) < 4.78 is 27.2. The normalized spacial score (nSPS) is 17.5. The van der Waals surface area contributed by atoms with Gasteiger partial charge in [0.25, 0.3) is 0 Å². The molecule has 0 N–H and O–H groups in total. The van der Waals surface area contributed by atoms with Crippen molar-refractivity contribution in [1.82, 2.24) is 4.31 Å². The molecule has 1 aromatic heterocycles. The predicted molar refractivity (Wildman–Crippen MR) is 83.3 cm³/mol. The van der Waals surface area contributed by atoms with Gasteiger partial charge in [-0.1, -0.05) is 12.8 Å². The molecule has 1 saturated carbocycles. The molecule has 0 saturated heterocycles. The van der Waals surface area contributed by atoms with Gasteiger partial charge in [-0.2, -0.15) is 0 Å². The highest BCUT2D eigenvalue weighted by atomic mass is 79.9. The topological polar surface area (TPSA) is 37.4 Å². The summed E-state index contributed by atoms with van der Waals surface area (Å²) in [6.45, 7) is 0.612. The lowest BCUT2D eigenvalue weighted by molar-refractivity contribution is 0.387. The van der Waals surface area contributed by atoms with E-state index >= 15 is 0 Å². The Hall–Kier alpha value is 0.380. The fourth-order valence-electron chi connectivity index (χ4n) is 2.46. The van der Waals surface area contributed by atoms with Gasteiger partial charge in [0.1, 0.15) is 4.90 Å². The van der Waals surface area contributed by atoms with Crippen molar-refractivity contribution in [2.75, 3.05) is 13.6 Å². The van der Waals surface area contributed by atoms with Crippen LogP contribution in [0.1, 0.15) is 30.6 Å². The van der Waals surface area contributed by atoms with Gasteiger partial charge in [-0.25, -0.2) is 12.7 Å². The molecule has 3 nitrogen and oxygen atoms in total. The molecule has 0 aromatic carbocycles. The number of sulfonamides is 1. The first-order chi connectivity index (χ1) is 8.95. The quantitative estimate of drug-likeness (QED) is 0.716. The summed E-state index contributed by atoms with van der Waals surface area (Å²) in [7, 11) is -1.74. The lowest BCUT2D eigenvalue weighted by Crippen LogP contribution is -2.31. The van der Waals surface area contributed by atoms with Crippen molar-refractivity contribution < 1.29 is 8.42 Å². The Morgan fingerprint density at radius 3 is 2.63 bits per heavy atom. The first-order valence-corrected chi connectivity index (χ1v) is 9.84. The van der Waals surface area contributed by atoms with E-state index < -0.39 is 10.0 Å². The van der Waals surface area contributed by atoms with Gasteiger partial charge in [-0.3, -0.25) is 0 Å². The van der Waals surface area contributed by atoms with Crippen LogP contribution in [-0.2, 0) is 15.9 Å². The molecule has 1 aliphatic rings. The molecule has 2 rings (SSSR count). The minimum absolute atomic E-state index is 0.338. The van der Waals surface area contributed by atoms with Gasteiger partial charge in [-0.15, -0.1) is 22.9 Å². The fourth-order valence-corrected chi connectivity index (χ4v) is 6.43. The summed E-state index contributed by atoms with van der Waals surface area (Å²) >= 11 is 10.5. The zero-order valence-electron chi connectivity index (χ0n) is 10.7. The highest BCUT2D eigenvalue weighted by Crippen LogP contribution is 2.35. The number of rotatable bonds is 5. The molecule has 7 heteroatoms. The van der Waals surface area contributed by atoms with Gasteiger partial charge in [0, 0.05) is 18.5 Å². The Labute approximate surface area is 132 Å². The third-order valence-electron chi connectivity index (χ3n) is 3.52. The highest BCUT2D eigenvalue weighted by molar-refractivity contribution is 9.11. The zero-order valence-corrected chi connectivity index (χ0v) is 14.7. The fraction of sp³-hybridized carbons (Fsp3) is 0.667. The van der Waals surface area contributed by atoms with Crippen molar-refractivity contribution in [1.29, 1.82) is 0 Å². The van der Waals surface area contributed by atoms with Crippen LogP contribution in [0.3, 0.4) is 0 Å². The Morgan fingerprint density at radius 1 is 1.47 bits per heavy atom. The molecule has 1 heterocycles. The first-order valence-electron chi connectivity index (χ1n) is 6.25. The Bertz CT molecular complexity index is 538. The molecule has 0 amide bonds. The Balaban J connectivity index is 2.17. The van der Waals surface area contributed by atoms with Gasteiger partial charge in [-0.05, 0) is 40.8 Å². The van der Waals surface area contributed by atoms with Gasteiger partial charge >= 0.3 is 0 Å². The van der Waals surface area contributed by atoms with Crippen molar-refractivity contribution in [2.45, 2.75) is 36.5 Å². The van der Waals surface area contributed by atoms with Crippen molar-refractivity contribution in [3.8, 4) is 0 Å². The van der Waals surface area contributed by atoms with E-state index in [1.54, 1.807) is 13.1 Å². The number of hydrogen-bond donors (Lipinski definition) is 0. The zero-order chi connectivity index (χ0) is 14.0. The van der Waals surface area contributed by atoms with Gasteiger partial charge in [0.05, 0.1) is 9.67 Å². The van der Waals surface area contributed by atoms with Crippen LogP contribution in [0.4, 0.5) is 0 Å². The molecule has 108 valence electrons. The molecule has 0 atom stereocenters. The average Bonchev–Trinajstić information content (AvgIpc) is 2.98. The summed E-state index contributed by atoms with van der Waals surface area (Å²) in [6.07, 6.45) is 4.71. The minimum Gasteiger partial charge on any atom is -0.207 e. The van der Waals surface area contributed by atoms with Crippen molar-refractivity contribution in [3.63, 3.8) is 0 Å². The molecule has 0 aliphatic heterocycles. The lowest BCUT2D eigenvalue weighted by atomic mass is 10.1. The van der Waals surface area contributed by atoms with E-state index in [0.29, 0.717) is 27.0 Å². The van der Waals surface area contributed by atoms with E-state index in [9.17, 15) is 8.42 Å². The largest absolute Gasteiger partial charge is 0.244 e. The molecule has 0 radical (unpaired) electrons. The van der Waals surface area contributed by atoms with Crippen LogP contribution in [0.2, 0.25) is 0 Å². The number of hydrogen-bond acceptors (Lipinski definition) is 3. The van der Waals surface area contributed by atoms with Crippen molar-refractivity contribution in [3.05, 3.63) is 14.7 Å². The van der Waals surface area contributed by atoms with E-state index in [2.05, 4.69) is 15.9 Å². The summed E-state index contributed by atoms with van der Waals surface area (Å²) in [5, 5.41) is 0. The summed E-state index contributed by atoms with van der Waals surface area (Å²) in [5.41, 5.74) is 0. The molecule has 0 unspecified atom stereocenters. The molecule has 19 heavy (non-hydrogen) atoms. The van der Waals surface area contributed by atoms with Crippen LogP contribution in [0.25, 0.3) is 0 Å². The van der Waals surface area contributed by atoms with E-state index in [1.807, 2.05) is 0 Å². The molecule has 0 bridgehead atoms. The van der Waals surface area contributed by atoms with E-state index in [-0.39, 0.29) is 0 Å². The molecular weight excluding hydrogens is 370 g/mol. The van der Waals surface area contributed by atoms with Crippen molar-refractivity contribution >= 4 is 48.9 Å². The third kappa shape index (κ3) is 3.53. The number of alkyl halides is 1. The summed E-state index contributed by atoms with van der Waals surface area (Å²) in [6, 6.07) is 1.67. The monoisotopic (exact) mass is 385 g/mol. The van der Waals surface area contributed by atoms with E-state index in [4.69, 9.17) is 11.6 Å². The molecule has 1 fully saturated rings. The van der Waals surface area contributed by atoms with Crippen LogP contribution in [0, 0.1) is 5.92 Å². The smallest absolute Gasteiger partial charge is 0.207 e. The SMILES string of the molecule is CN(CC1CCCC1)S(=O)(=O)c1cc(CCl)sc1Br. The lowest BCUT2D eigenvalue weighted by Gasteiger charge is -2.20. The predicted octanol–water partition coefficient (Wildman–Crippen LogP) is 4.06. The van der Waals surface area contributed by atoms with Crippen LogP contribution >= 0.6 is 38.9 Å². The van der Waals surface area contributed by atoms with Crippen LogP contribution in [0.5, 0.6) is 0 Å². The van der Waals surface area contributed by atoms with E-state index in [0.717, 1.165) is 17.7 Å². The average molecular weight is 387 g/mol. The summed E-state index contributed by atoms with van der Waals surface area (Å²) in [4.78, 5) is 1.20. The Kier molecular flexibility index (Phi) is 5.34. The number of halogens is 2. The van der Waals surface area contributed by atoms with Crippen LogP contribution in [-0.4, -0.2) is 26.3 Å². The molecule has 1 aromatic rings. The molecule has 1 aliphatic carbocycles. The number of thiophene rings is 1. The minimum atomic E-state index is -3.41. The maximum Gasteiger partial charge on any atom is 0.244 e. The highest BCUT2D eigenvalue weighted by Gasteiger charge is 2.28. The standard InChI is InChI=1S/C12H17BrClNO2S2/c1-15(8-9-4-2-3-5-9)19(16,17)11-6-10(7-14)18-12(11)13/h6,9H,2-5,7-8H2,1H3. The van der Waals surface area contributed by atoms with Gasteiger partial charge in [0.2, 0.25) is 10.0 Å². The van der Waals surface area contributed by atoms with Crippen molar-refractivity contribution in [2.24, 2.45) is 5.92 Å². The van der Waals surface area contributed by atoms with Gasteiger partial charge in [0.15, 0.2) is 0 Å². The Morgan fingerprint density at radius 2 is 2.11 bits per heavy atom. The third-order valence-corrected chi connectivity index (χ3v) is 8.04. The van der Waals surface area contributed by atoms with Crippen LogP contribution < -0.4 is 0 Å².